The lowest BCUT2D eigenvalue weighted by Crippen LogP contribution is -1.86. The number of rotatable bonds is 4. The predicted octanol–water partition coefficient (Wildman–Crippen LogP) is 4.23. The first-order valence-electron chi connectivity index (χ1n) is 5.61. The van der Waals surface area contributed by atoms with Gasteiger partial charge in [-0.05, 0) is 42.3 Å². The zero-order valence-electron chi connectivity index (χ0n) is 9.44. The van der Waals surface area contributed by atoms with Crippen LogP contribution in [0.5, 0.6) is 11.5 Å². The quantitative estimate of drug-likeness (QED) is 0.735. The van der Waals surface area contributed by atoms with Gasteiger partial charge in [0.15, 0.2) is 0 Å². The standard InChI is InChI=1S/C15H15O/c1-2-6-13-9-11-15(12-10-13)16-14-7-4-3-5-8-14/h3-4,7-12H,2,6H2,1H3. The molecule has 1 heteroatoms. The number of ether oxygens (including phenoxy) is 1. The van der Waals surface area contributed by atoms with E-state index in [1.807, 2.05) is 36.4 Å². The Hall–Kier alpha value is -1.76. The molecule has 0 amide bonds. The van der Waals surface area contributed by atoms with Gasteiger partial charge in [-0.25, -0.2) is 0 Å². The van der Waals surface area contributed by atoms with E-state index in [2.05, 4.69) is 25.1 Å². The Labute approximate surface area is 96.7 Å². The molecule has 0 spiro atoms. The van der Waals surface area contributed by atoms with Gasteiger partial charge >= 0.3 is 0 Å². The van der Waals surface area contributed by atoms with Crippen molar-refractivity contribution < 1.29 is 4.74 Å². The van der Waals surface area contributed by atoms with Crippen molar-refractivity contribution in [2.45, 2.75) is 19.8 Å². The molecule has 0 aliphatic carbocycles. The van der Waals surface area contributed by atoms with Crippen LogP contribution in [0.3, 0.4) is 0 Å². The average molecular weight is 211 g/mol. The lowest BCUT2D eigenvalue weighted by atomic mass is 10.1. The van der Waals surface area contributed by atoms with E-state index in [0.717, 1.165) is 17.9 Å². The molecular formula is C15H15O. The van der Waals surface area contributed by atoms with Gasteiger partial charge in [-0.15, -0.1) is 0 Å². The lowest BCUT2D eigenvalue weighted by Gasteiger charge is -2.05. The Morgan fingerprint density at radius 3 is 2.50 bits per heavy atom. The molecule has 2 aromatic carbocycles. The SMILES string of the molecule is CCCc1ccc(Oc2c[c]ccc2)cc1. The highest BCUT2D eigenvalue weighted by Crippen LogP contribution is 2.21. The number of hydrogen-bond donors (Lipinski definition) is 0. The van der Waals surface area contributed by atoms with Gasteiger partial charge in [0.25, 0.3) is 0 Å². The number of hydrogen-bond acceptors (Lipinski definition) is 1. The molecule has 0 bridgehead atoms. The van der Waals surface area contributed by atoms with E-state index < -0.39 is 0 Å². The summed E-state index contributed by atoms with van der Waals surface area (Å²) < 4.78 is 5.68. The van der Waals surface area contributed by atoms with E-state index in [1.54, 1.807) is 0 Å². The predicted molar refractivity (Wildman–Crippen MR) is 65.8 cm³/mol. The van der Waals surface area contributed by atoms with Gasteiger partial charge < -0.3 is 4.74 Å². The van der Waals surface area contributed by atoms with Crippen molar-refractivity contribution in [1.82, 2.24) is 0 Å². The van der Waals surface area contributed by atoms with Gasteiger partial charge in [-0.3, -0.25) is 0 Å². The average Bonchev–Trinajstić information content (AvgIpc) is 2.33. The van der Waals surface area contributed by atoms with Crippen LogP contribution in [0.1, 0.15) is 18.9 Å². The van der Waals surface area contributed by atoms with Gasteiger partial charge in [0.2, 0.25) is 0 Å². The first-order valence-corrected chi connectivity index (χ1v) is 5.61. The van der Waals surface area contributed by atoms with Crippen LogP contribution in [0.2, 0.25) is 0 Å². The van der Waals surface area contributed by atoms with Crippen molar-refractivity contribution in [2.24, 2.45) is 0 Å². The van der Waals surface area contributed by atoms with E-state index in [0.29, 0.717) is 0 Å². The fraction of sp³-hybridized carbons (Fsp3) is 0.200. The normalized spacial score (nSPS) is 10.1. The maximum atomic E-state index is 5.68. The fourth-order valence-electron chi connectivity index (χ4n) is 1.59. The van der Waals surface area contributed by atoms with Crippen LogP contribution in [0, 0.1) is 6.07 Å². The topological polar surface area (TPSA) is 9.23 Å². The van der Waals surface area contributed by atoms with Crippen molar-refractivity contribution in [1.29, 1.82) is 0 Å². The van der Waals surface area contributed by atoms with Gasteiger partial charge in [-0.1, -0.05) is 37.6 Å². The van der Waals surface area contributed by atoms with Crippen LogP contribution < -0.4 is 4.74 Å². The molecule has 0 N–H and O–H groups in total. The maximum Gasteiger partial charge on any atom is 0.128 e. The van der Waals surface area contributed by atoms with E-state index in [-0.39, 0.29) is 0 Å². The van der Waals surface area contributed by atoms with E-state index >= 15 is 0 Å². The summed E-state index contributed by atoms with van der Waals surface area (Å²) in [5, 5.41) is 0. The molecule has 16 heavy (non-hydrogen) atoms. The third-order valence-electron chi connectivity index (χ3n) is 2.38. The smallest absolute Gasteiger partial charge is 0.128 e. The Balaban J connectivity index is 2.05. The molecular weight excluding hydrogens is 196 g/mol. The zero-order chi connectivity index (χ0) is 11.2. The number of aryl methyl sites for hydroxylation is 1. The Kier molecular flexibility index (Phi) is 3.60. The molecule has 1 nitrogen and oxygen atoms in total. The summed E-state index contributed by atoms with van der Waals surface area (Å²) >= 11 is 0. The van der Waals surface area contributed by atoms with Crippen LogP contribution in [0.4, 0.5) is 0 Å². The summed E-state index contributed by atoms with van der Waals surface area (Å²) in [5.74, 6) is 1.70. The molecule has 0 aliphatic heterocycles. The van der Waals surface area contributed by atoms with Crippen LogP contribution in [0.25, 0.3) is 0 Å². The molecule has 2 aromatic rings. The molecule has 0 fully saturated rings. The van der Waals surface area contributed by atoms with Gasteiger partial charge in [0.05, 0.1) is 0 Å². The zero-order valence-corrected chi connectivity index (χ0v) is 9.44. The second-order valence-electron chi connectivity index (χ2n) is 3.74. The minimum Gasteiger partial charge on any atom is -0.457 e. The Morgan fingerprint density at radius 2 is 1.88 bits per heavy atom. The van der Waals surface area contributed by atoms with E-state index in [1.165, 1.54) is 12.0 Å². The van der Waals surface area contributed by atoms with Crippen LogP contribution >= 0.6 is 0 Å². The van der Waals surface area contributed by atoms with Crippen molar-refractivity contribution in [3.8, 4) is 11.5 Å². The number of benzene rings is 2. The van der Waals surface area contributed by atoms with E-state index in [4.69, 9.17) is 4.74 Å². The third kappa shape index (κ3) is 2.86. The van der Waals surface area contributed by atoms with Gasteiger partial charge in [-0.2, -0.15) is 0 Å². The van der Waals surface area contributed by atoms with Gasteiger partial charge in [0, 0.05) is 0 Å². The maximum absolute atomic E-state index is 5.68. The minimum absolute atomic E-state index is 0.825. The molecule has 0 saturated heterocycles. The summed E-state index contributed by atoms with van der Waals surface area (Å²) in [6.45, 7) is 2.18. The second kappa shape index (κ2) is 5.36. The van der Waals surface area contributed by atoms with Crippen molar-refractivity contribution in [3.05, 3.63) is 60.2 Å². The summed E-state index contributed by atoms with van der Waals surface area (Å²) in [7, 11) is 0. The fourth-order valence-corrected chi connectivity index (χ4v) is 1.59. The Morgan fingerprint density at radius 1 is 1.06 bits per heavy atom. The highest BCUT2D eigenvalue weighted by atomic mass is 16.5. The monoisotopic (exact) mass is 211 g/mol. The second-order valence-corrected chi connectivity index (χ2v) is 3.74. The molecule has 81 valence electrons. The highest BCUT2D eigenvalue weighted by Gasteiger charge is 1.96. The largest absolute Gasteiger partial charge is 0.457 e. The molecule has 0 aromatic heterocycles. The van der Waals surface area contributed by atoms with Gasteiger partial charge in [0.1, 0.15) is 11.5 Å². The summed E-state index contributed by atoms with van der Waals surface area (Å²) in [6.07, 6.45) is 2.30. The van der Waals surface area contributed by atoms with Crippen LogP contribution in [-0.2, 0) is 6.42 Å². The molecule has 0 atom stereocenters. The first-order chi connectivity index (χ1) is 7.88. The van der Waals surface area contributed by atoms with Crippen molar-refractivity contribution in [3.63, 3.8) is 0 Å². The molecule has 0 heterocycles. The third-order valence-corrected chi connectivity index (χ3v) is 2.38. The molecule has 1 radical (unpaired) electrons. The van der Waals surface area contributed by atoms with Crippen molar-refractivity contribution in [2.75, 3.05) is 0 Å². The molecule has 2 rings (SSSR count). The summed E-state index contributed by atoms with van der Waals surface area (Å²) in [5.41, 5.74) is 1.36. The van der Waals surface area contributed by atoms with Crippen molar-refractivity contribution >= 4 is 0 Å². The molecule has 0 saturated carbocycles. The summed E-state index contributed by atoms with van der Waals surface area (Å²) in [4.78, 5) is 0. The molecule has 0 aliphatic rings. The highest BCUT2D eigenvalue weighted by molar-refractivity contribution is 5.32. The first kappa shape index (κ1) is 10.7. The Bertz CT molecular complexity index is 417. The minimum atomic E-state index is 0.825. The van der Waals surface area contributed by atoms with E-state index in [9.17, 15) is 0 Å². The molecule has 0 unspecified atom stereocenters. The van der Waals surface area contributed by atoms with Crippen LogP contribution in [0.15, 0.2) is 48.5 Å². The summed E-state index contributed by atoms with van der Waals surface area (Å²) in [6, 6.07) is 18.8. The van der Waals surface area contributed by atoms with Crippen LogP contribution in [-0.4, -0.2) is 0 Å². The lowest BCUT2D eigenvalue weighted by molar-refractivity contribution is 0.482.